The largest absolute Gasteiger partial charge is 0.352 e. The molecule has 0 aromatic heterocycles. The highest BCUT2D eigenvalue weighted by molar-refractivity contribution is 5.97. The Bertz CT molecular complexity index is 747. The summed E-state index contributed by atoms with van der Waals surface area (Å²) in [5.74, 6) is -0.374. The van der Waals surface area contributed by atoms with E-state index >= 15 is 0 Å². The number of hydrogen-bond donors (Lipinski definition) is 3. The molecule has 0 heterocycles. The van der Waals surface area contributed by atoms with Crippen molar-refractivity contribution in [2.24, 2.45) is 5.73 Å². The van der Waals surface area contributed by atoms with Gasteiger partial charge in [0.25, 0.3) is 5.91 Å². The Morgan fingerprint density at radius 1 is 0.929 bits per heavy atom. The molecule has 1 atom stereocenters. The Kier molecular flexibility index (Phi) is 8.48. The number of benzene rings is 2. The van der Waals surface area contributed by atoms with E-state index in [1.54, 1.807) is 12.1 Å². The Labute approximate surface area is 172 Å². The van der Waals surface area contributed by atoms with Crippen LogP contribution in [-0.2, 0) is 11.2 Å². The number of halogens is 1. The number of carbonyl (C=O) groups is 2. The molecule has 0 aliphatic heterocycles. The summed E-state index contributed by atoms with van der Waals surface area (Å²) in [5.41, 5.74) is 7.51. The highest BCUT2D eigenvalue weighted by Gasteiger charge is 2.26. The highest BCUT2D eigenvalue weighted by Crippen LogP contribution is 2.17. The van der Waals surface area contributed by atoms with Crippen LogP contribution in [0, 0.1) is 0 Å². The molecule has 28 heavy (non-hydrogen) atoms. The quantitative estimate of drug-likeness (QED) is 0.695. The Morgan fingerprint density at radius 2 is 1.50 bits per heavy atom. The molecule has 2 aromatic rings. The first-order valence-electron chi connectivity index (χ1n) is 9.57. The van der Waals surface area contributed by atoms with Crippen molar-refractivity contribution in [1.29, 1.82) is 0 Å². The average Bonchev–Trinajstić information content (AvgIpc) is 2.70. The number of amides is 2. The summed E-state index contributed by atoms with van der Waals surface area (Å²) in [6.07, 6.45) is 4.07. The lowest BCUT2D eigenvalue weighted by molar-refractivity contribution is -0.123. The minimum Gasteiger partial charge on any atom is -0.352 e. The van der Waals surface area contributed by atoms with Gasteiger partial charge in [0, 0.05) is 24.1 Å². The second-order valence-electron chi connectivity index (χ2n) is 7.20. The first-order valence-corrected chi connectivity index (χ1v) is 9.57. The SMILES string of the molecule is Cl.NC1CCC(NC(=O)C(Cc2ccccc2)NC(=O)c2ccccc2)CC1. The molecule has 1 aliphatic carbocycles. The molecule has 3 rings (SSSR count). The summed E-state index contributed by atoms with van der Waals surface area (Å²) in [4.78, 5) is 25.5. The van der Waals surface area contributed by atoms with E-state index < -0.39 is 6.04 Å². The van der Waals surface area contributed by atoms with Crippen LogP contribution >= 0.6 is 12.4 Å². The van der Waals surface area contributed by atoms with E-state index in [2.05, 4.69) is 10.6 Å². The lowest BCUT2D eigenvalue weighted by Crippen LogP contribution is -2.51. The van der Waals surface area contributed by atoms with Crippen LogP contribution in [0.3, 0.4) is 0 Å². The van der Waals surface area contributed by atoms with E-state index in [1.165, 1.54) is 0 Å². The van der Waals surface area contributed by atoms with Gasteiger partial charge in [-0.05, 0) is 43.4 Å². The van der Waals surface area contributed by atoms with Crippen LogP contribution in [0.2, 0.25) is 0 Å². The van der Waals surface area contributed by atoms with Gasteiger partial charge in [-0.1, -0.05) is 48.5 Å². The van der Waals surface area contributed by atoms with E-state index in [9.17, 15) is 9.59 Å². The third-order valence-corrected chi connectivity index (χ3v) is 5.06. The standard InChI is InChI=1S/C22H27N3O2.ClH/c23-18-11-13-19(14-12-18)24-22(27)20(15-16-7-3-1-4-8-16)25-21(26)17-9-5-2-6-10-17;/h1-10,18-20H,11-15,23H2,(H,24,27)(H,25,26);1H. The lowest BCUT2D eigenvalue weighted by Gasteiger charge is -2.28. The Morgan fingerprint density at radius 3 is 2.11 bits per heavy atom. The van der Waals surface area contributed by atoms with Crippen molar-refractivity contribution in [3.8, 4) is 0 Å². The topological polar surface area (TPSA) is 84.2 Å². The van der Waals surface area contributed by atoms with Crippen molar-refractivity contribution >= 4 is 24.2 Å². The summed E-state index contributed by atoms with van der Waals surface area (Å²) in [7, 11) is 0. The number of hydrogen-bond acceptors (Lipinski definition) is 3. The smallest absolute Gasteiger partial charge is 0.251 e. The van der Waals surface area contributed by atoms with Crippen LogP contribution < -0.4 is 16.4 Å². The summed E-state index contributed by atoms with van der Waals surface area (Å²) in [5, 5.41) is 6.01. The average molecular weight is 402 g/mol. The molecule has 0 saturated heterocycles. The molecule has 1 aliphatic rings. The maximum atomic E-state index is 12.9. The second-order valence-corrected chi connectivity index (χ2v) is 7.20. The first-order chi connectivity index (χ1) is 13.1. The third kappa shape index (κ3) is 6.36. The van der Waals surface area contributed by atoms with Gasteiger partial charge in [0.15, 0.2) is 0 Å². The molecular formula is C22H28ClN3O2. The summed E-state index contributed by atoms with van der Waals surface area (Å²) < 4.78 is 0. The third-order valence-electron chi connectivity index (χ3n) is 5.06. The van der Waals surface area contributed by atoms with Crippen LogP contribution in [0.25, 0.3) is 0 Å². The number of nitrogens with one attached hydrogen (secondary N) is 2. The molecule has 0 radical (unpaired) electrons. The van der Waals surface area contributed by atoms with Gasteiger partial charge in [-0.15, -0.1) is 12.4 Å². The minimum atomic E-state index is -0.615. The zero-order valence-electron chi connectivity index (χ0n) is 15.8. The number of rotatable bonds is 6. The van der Waals surface area contributed by atoms with Gasteiger partial charge in [-0.2, -0.15) is 0 Å². The number of nitrogens with two attached hydrogens (primary N) is 1. The van der Waals surface area contributed by atoms with Crippen molar-refractivity contribution in [1.82, 2.24) is 10.6 Å². The Hall–Kier alpha value is -2.37. The van der Waals surface area contributed by atoms with Crippen molar-refractivity contribution < 1.29 is 9.59 Å². The van der Waals surface area contributed by atoms with E-state index in [-0.39, 0.29) is 36.3 Å². The van der Waals surface area contributed by atoms with Gasteiger partial charge in [0.1, 0.15) is 6.04 Å². The van der Waals surface area contributed by atoms with Crippen molar-refractivity contribution in [2.75, 3.05) is 0 Å². The van der Waals surface area contributed by atoms with Crippen molar-refractivity contribution in [3.63, 3.8) is 0 Å². The molecule has 1 unspecified atom stereocenters. The molecule has 1 saturated carbocycles. The van der Waals surface area contributed by atoms with E-state index in [0.717, 1.165) is 31.2 Å². The van der Waals surface area contributed by atoms with Crippen LogP contribution in [0.5, 0.6) is 0 Å². The first kappa shape index (κ1) is 21.9. The molecule has 6 heteroatoms. The van der Waals surface area contributed by atoms with E-state index in [1.807, 2.05) is 48.5 Å². The fourth-order valence-corrected chi connectivity index (χ4v) is 3.46. The van der Waals surface area contributed by atoms with Gasteiger partial charge in [-0.25, -0.2) is 0 Å². The van der Waals surface area contributed by atoms with Gasteiger partial charge < -0.3 is 16.4 Å². The molecule has 0 bridgehead atoms. The molecule has 150 valence electrons. The van der Waals surface area contributed by atoms with Crippen LogP contribution in [0.1, 0.15) is 41.6 Å². The Balaban J connectivity index is 0.00000280. The van der Waals surface area contributed by atoms with Crippen LogP contribution in [0.4, 0.5) is 0 Å². The van der Waals surface area contributed by atoms with Gasteiger partial charge >= 0.3 is 0 Å². The number of carbonyl (C=O) groups excluding carboxylic acids is 2. The monoisotopic (exact) mass is 401 g/mol. The zero-order chi connectivity index (χ0) is 19.1. The van der Waals surface area contributed by atoms with Crippen molar-refractivity contribution in [3.05, 3.63) is 71.8 Å². The minimum absolute atomic E-state index is 0. The molecule has 2 aromatic carbocycles. The normalized spacial score (nSPS) is 19.8. The highest BCUT2D eigenvalue weighted by atomic mass is 35.5. The van der Waals surface area contributed by atoms with Gasteiger partial charge in [0.2, 0.25) is 5.91 Å². The summed E-state index contributed by atoms with van der Waals surface area (Å²) in [6.45, 7) is 0. The maximum absolute atomic E-state index is 12.9. The summed E-state index contributed by atoms with van der Waals surface area (Å²) in [6, 6.07) is 18.5. The second kappa shape index (κ2) is 10.8. The van der Waals surface area contributed by atoms with Gasteiger partial charge in [0.05, 0.1) is 0 Å². The van der Waals surface area contributed by atoms with Crippen LogP contribution in [0.15, 0.2) is 60.7 Å². The maximum Gasteiger partial charge on any atom is 0.251 e. The zero-order valence-corrected chi connectivity index (χ0v) is 16.7. The fourth-order valence-electron chi connectivity index (χ4n) is 3.46. The van der Waals surface area contributed by atoms with E-state index in [4.69, 9.17) is 5.73 Å². The molecule has 4 N–H and O–H groups in total. The predicted molar refractivity (Wildman–Crippen MR) is 113 cm³/mol. The molecule has 1 fully saturated rings. The molecule has 0 spiro atoms. The molecular weight excluding hydrogens is 374 g/mol. The molecule has 2 amide bonds. The fraction of sp³-hybridized carbons (Fsp3) is 0.364. The molecule has 5 nitrogen and oxygen atoms in total. The lowest BCUT2D eigenvalue weighted by atomic mass is 9.91. The summed E-state index contributed by atoms with van der Waals surface area (Å²) >= 11 is 0. The van der Waals surface area contributed by atoms with Gasteiger partial charge in [-0.3, -0.25) is 9.59 Å². The van der Waals surface area contributed by atoms with Crippen molar-refractivity contribution in [2.45, 2.75) is 50.2 Å². The van der Waals surface area contributed by atoms with Crippen LogP contribution in [-0.4, -0.2) is 29.9 Å². The predicted octanol–water partition coefficient (Wildman–Crippen LogP) is 2.84. The van der Waals surface area contributed by atoms with E-state index in [0.29, 0.717) is 12.0 Å².